The molecule has 1 aromatic heterocycles. The third-order valence-electron chi connectivity index (χ3n) is 2.89. The van der Waals surface area contributed by atoms with Crippen LogP contribution in [0.2, 0.25) is 0 Å². The van der Waals surface area contributed by atoms with Crippen LogP contribution in [0.4, 0.5) is 0 Å². The number of hydrogen-bond acceptors (Lipinski definition) is 1. The fourth-order valence-corrected chi connectivity index (χ4v) is 1.72. The molecule has 0 spiro atoms. The third kappa shape index (κ3) is 4.67. The molecule has 0 aliphatic carbocycles. The molecule has 0 saturated carbocycles. The molecule has 2 aromatic rings. The van der Waals surface area contributed by atoms with Gasteiger partial charge in [0.25, 0.3) is 0 Å². The van der Waals surface area contributed by atoms with E-state index in [1.54, 1.807) is 4.73 Å². The van der Waals surface area contributed by atoms with Gasteiger partial charge in [-0.05, 0) is 16.5 Å². The number of hydrogen-bond donors (Lipinski definition) is 0. The van der Waals surface area contributed by atoms with Gasteiger partial charge in [0, 0.05) is 16.9 Å². The molecule has 0 amide bonds. The van der Waals surface area contributed by atoms with Crippen LogP contribution in [0.1, 0.15) is 31.9 Å². The third-order valence-corrected chi connectivity index (χ3v) is 2.89. The van der Waals surface area contributed by atoms with E-state index in [0.717, 1.165) is 0 Å². The summed E-state index contributed by atoms with van der Waals surface area (Å²) in [5.74, 6) is 0. The minimum absolute atomic E-state index is 0. The standard InChI is InChI=1S/C16H20NO.BrH/c1-16(2,3)15-9-11-17(12-10-15)18-13-14-7-5-4-6-8-14;/h4-12H,13H2,1-3H3;1H/q+1;/p-1. The summed E-state index contributed by atoms with van der Waals surface area (Å²) in [6.45, 7) is 7.20. The van der Waals surface area contributed by atoms with Gasteiger partial charge in [0.2, 0.25) is 12.4 Å². The highest BCUT2D eigenvalue weighted by Gasteiger charge is 2.15. The van der Waals surface area contributed by atoms with Gasteiger partial charge < -0.3 is 17.0 Å². The van der Waals surface area contributed by atoms with Crippen LogP contribution >= 0.6 is 0 Å². The molecule has 1 heterocycles. The molecule has 0 radical (unpaired) electrons. The lowest BCUT2D eigenvalue weighted by atomic mass is 9.88. The van der Waals surface area contributed by atoms with Crippen molar-refractivity contribution in [2.75, 3.05) is 0 Å². The van der Waals surface area contributed by atoms with Crippen molar-refractivity contribution in [3.63, 3.8) is 0 Å². The zero-order chi connectivity index (χ0) is 13.0. The van der Waals surface area contributed by atoms with Crippen LogP contribution in [0.25, 0.3) is 0 Å². The van der Waals surface area contributed by atoms with Crippen molar-refractivity contribution in [1.82, 2.24) is 0 Å². The second-order valence-corrected chi connectivity index (χ2v) is 5.46. The number of benzene rings is 1. The Bertz CT molecular complexity index is 488. The highest BCUT2D eigenvalue weighted by molar-refractivity contribution is 5.17. The van der Waals surface area contributed by atoms with Gasteiger partial charge in [-0.1, -0.05) is 51.1 Å². The van der Waals surface area contributed by atoms with Crippen LogP contribution in [-0.2, 0) is 12.0 Å². The van der Waals surface area contributed by atoms with Crippen LogP contribution < -0.4 is 26.5 Å². The predicted octanol–water partition coefficient (Wildman–Crippen LogP) is -0.0956. The quantitative estimate of drug-likeness (QED) is 0.720. The van der Waals surface area contributed by atoms with Crippen molar-refractivity contribution in [3.8, 4) is 0 Å². The lowest BCUT2D eigenvalue weighted by Gasteiger charge is -2.17. The fraction of sp³-hybridized carbons (Fsp3) is 0.312. The van der Waals surface area contributed by atoms with Crippen LogP contribution in [0, 0.1) is 0 Å². The first-order valence-corrected chi connectivity index (χ1v) is 6.25. The summed E-state index contributed by atoms with van der Waals surface area (Å²) in [5.41, 5.74) is 2.66. The van der Waals surface area contributed by atoms with E-state index in [9.17, 15) is 0 Å². The van der Waals surface area contributed by atoms with Gasteiger partial charge in [-0.15, -0.1) is 0 Å². The molecule has 0 N–H and O–H groups in total. The summed E-state index contributed by atoms with van der Waals surface area (Å²) >= 11 is 0. The number of pyridine rings is 1. The van der Waals surface area contributed by atoms with Crippen molar-refractivity contribution in [2.45, 2.75) is 32.8 Å². The molecule has 0 aliphatic heterocycles. The Morgan fingerprint density at radius 1 is 0.947 bits per heavy atom. The summed E-state index contributed by atoms with van der Waals surface area (Å²) in [7, 11) is 0. The van der Waals surface area contributed by atoms with E-state index in [2.05, 4.69) is 45.0 Å². The van der Waals surface area contributed by atoms with E-state index >= 15 is 0 Å². The van der Waals surface area contributed by atoms with Crippen LogP contribution in [-0.4, -0.2) is 0 Å². The molecule has 0 unspecified atom stereocenters. The van der Waals surface area contributed by atoms with Crippen molar-refractivity contribution < 1.29 is 26.5 Å². The Hall–Kier alpha value is -1.35. The van der Waals surface area contributed by atoms with Gasteiger partial charge in [0.15, 0.2) is 6.61 Å². The molecular formula is C16H20BrNO. The highest BCUT2D eigenvalue weighted by atomic mass is 79.9. The van der Waals surface area contributed by atoms with Crippen LogP contribution in [0.5, 0.6) is 0 Å². The average molecular weight is 322 g/mol. The van der Waals surface area contributed by atoms with E-state index < -0.39 is 0 Å². The van der Waals surface area contributed by atoms with E-state index in [-0.39, 0.29) is 22.4 Å². The number of nitrogens with zero attached hydrogens (tertiary/aromatic N) is 1. The second-order valence-electron chi connectivity index (χ2n) is 5.46. The lowest BCUT2D eigenvalue weighted by molar-refractivity contribution is -0.895. The molecule has 0 saturated heterocycles. The maximum Gasteiger partial charge on any atom is 0.222 e. The van der Waals surface area contributed by atoms with Gasteiger partial charge in [0.1, 0.15) is 0 Å². The van der Waals surface area contributed by atoms with Crippen LogP contribution in [0.3, 0.4) is 0 Å². The van der Waals surface area contributed by atoms with Crippen LogP contribution in [0.15, 0.2) is 54.9 Å². The Labute approximate surface area is 125 Å². The lowest BCUT2D eigenvalue weighted by Crippen LogP contribution is -3.00. The van der Waals surface area contributed by atoms with E-state index in [1.807, 2.05) is 30.6 Å². The molecule has 19 heavy (non-hydrogen) atoms. The summed E-state index contributed by atoms with van der Waals surface area (Å²) in [4.78, 5) is 5.68. The van der Waals surface area contributed by atoms with Gasteiger partial charge in [-0.25, -0.2) is 0 Å². The normalized spacial score (nSPS) is 10.7. The minimum atomic E-state index is 0. The van der Waals surface area contributed by atoms with E-state index in [4.69, 9.17) is 4.84 Å². The van der Waals surface area contributed by atoms with Crippen molar-refractivity contribution >= 4 is 0 Å². The zero-order valence-electron chi connectivity index (χ0n) is 11.6. The maximum atomic E-state index is 5.68. The summed E-state index contributed by atoms with van der Waals surface area (Å²) in [6.07, 6.45) is 3.92. The smallest absolute Gasteiger partial charge is 0.222 e. The van der Waals surface area contributed by atoms with Gasteiger partial charge in [0.05, 0.1) is 0 Å². The van der Waals surface area contributed by atoms with Crippen molar-refractivity contribution in [1.29, 1.82) is 0 Å². The largest absolute Gasteiger partial charge is 1.00 e. The number of aromatic nitrogens is 1. The molecule has 1 aromatic carbocycles. The Balaban J connectivity index is 0.00000180. The van der Waals surface area contributed by atoms with Crippen molar-refractivity contribution in [2.24, 2.45) is 0 Å². The zero-order valence-corrected chi connectivity index (χ0v) is 13.2. The number of rotatable bonds is 3. The van der Waals surface area contributed by atoms with Crippen molar-refractivity contribution in [3.05, 3.63) is 66.0 Å². The molecule has 102 valence electrons. The molecule has 3 heteroatoms. The first kappa shape index (κ1) is 15.7. The summed E-state index contributed by atoms with van der Waals surface area (Å²) in [6, 6.07) is 14.4. The molecule has 0 bridgehead atoms. The fourth-order valence-electron chi connectivity index (χ4n) is 1.72. The minimum Gasteiger partial charge on any atom is -1.00 e. The molecular weight excluding hydrogens is 302 g/mol. The first-order valence-electron chi connectivity index (χ1n) is 6.25. The van der Waals surface area contributed by atoms with E-state index in [1.165, 1.54) is 11.1 Å². The number of halogens is 1. The summed E-state index contributed by atoms with van der Waals surface area (Å²) in [5, 5.41) is 0. The topological polar surface area (TPSA) is 13.1 Å². The monoisotopic (exact) mass is 321 g/mol. The molecule has 2 nitrogen and oxygen atoms in total. The Morgan fingerprint density at radius 3 is 2.05 bits per heavy atom. The molecule has 2 rings (SSSR count). The molecule has 0 fully saturated rings. The average Bonchev–Trinajstić information content (AvgIpc) is 2.37. The maximum absolute atomic E-state index is 5.68. The summed E-state index contributed by atoms with van der Waals surface area (Å²) < 4.78 is 1.75. The highest BCUT2D eigenvalue weighted by Crippen LogP contribution is 2.19. The molecule has 0 aliphatic rings. The predicted molar refractivity (Wildman–Crippen MR) is 72.1 cm³/mol. The van der Waals surface area contributed by atoms with Gasteiger partial charge in [-0.3, -0.25) is 4.84 Å². The molecule has 0 atom stereocenters. The van der Waals surface area contributed by atoms with Gasteiger partial charge in [-0.2, -0.15) is 0 Å². The SMILES string of the molecule is CC(C)(C)c1cc[n+](OCc2ccccc2)cc1.[Br-]. The van der Waals surface area contributed by atoms with E-state index in [0.29, 0.717) is 6.61 Å². The van der Waals surface area contributed by atoms with Gasteiger partial charge >= 0.3 is 0 Å². The Morgan fingerprint density at radius 2 is 1.53 bits per heavy atom. The Kier molecular flexibility index (Phi) is 5.55. The second kappa shape index (κ2) is 6.71. The first-order chi connectivity index (χ1) is 8.55.